The molecule has 1 unspecified atom stereocenters. The number of H-pyrrole nitrogens is 1. The molecule has 152 valence electrons. The molecule has 0 saturated heterocycles. The average Bonchev–Trinajstić information content (AvgIpc) is 3.11. The fourth-order valence-electron chi connectivity index (χ4n) is 4.08. The number of hydrogen-bond donors (Lipinski definition) is 3. The summed E-state index contributed by atoms with van der Waals surface area (Å²) in [6.07, 6.45) is 1.78. The Morgan fingerprint density at radius 2 is 1.63 bits per heavy atom. The van der Waals surface area contributed by atoms with Gasteiger partial charge in [-0.25, -0.2) is 4.79 Å². The second-order valence-corrected chi connectivity index (χ2v) is 7.69. The molecule has 3 N–H and O–H groups in total. The molecule has 0 aliphatic rings. The van der Waals surface area contributed by atoms with Gasteiger partial charge in [-0.3, -0.25) is 0 Å². The summed E-state index contributed by atoms with van der Waals surface area (Å²) in [7, 11) is 0. The molecule has 0 amide bonds. The zero-order chi connectivity index (χ0) is 21.1. The van der Waals surface area contributed by atoms with Crippen LogP contribution in [-0.2, 0) is 12.8 Å². The number of benzene rings is 3. The van der Waals surface area contributed by atoms with Crippen LogP contribution in [0.3, 0.4) is 0 Å². The molecule has 1 atom stereocenters. The van der Waals surface area contributed by atoms with E-state index >= 15 is 0 Å². The van der Waals surface area contributed by atoms with Gasteiger partial charge in [-0.1, -0.05) is 60.7 Å². The Hall–Kier alpha value is -3.37. The van der Waals surface area contributed by atoms with Crippen LogP contribution < -0.4 is 0 Å². The maximum Gasteiger partial charge on any atom is 0.335 e. The Balaban J connectivity index is 1.74. The minimum Gasteiger partial charge on any atom is -0.478 e. The second kappa shape index (κ2) is 8.56. The number of aryl methyl sites for hydroxylation is 3. The summed E-state index contributed by atoms with van der Waals surface area (Å²) in [5.74, 6) is -0.934. The number of fused-ring (bicyclic) bond motifs is 1. The lowest BCUT2D eigenvalue weighted by atomic mass is 9.96. The molecule has 4 aromatic rings. The quantitative estimate of drug-likeness (QED) is 0.388. The number of carboxylic acids is 1. The van der Waals surface area contributed by atoms with Crippen LogP contribution in [0.25, 0.3) is 10.9 Å². The van der Waals surface area contributed by atoms with Gasteiger partial charge in [0.25, 0.3) is 0 Å². The van der Waals surface area contributed by atoms with E-state index in [1.165, 1.54) is 5.56 Å². The van der Waals surface area contributed by atoms with Gasteiger partial charge in [-0.05, 0) is 60.6 Å². The van der Waals surface area contributed by atoms with Crippen LogP contribution in [0.5, 0.6) is 0 Å². The molecule has 0 aliphatic heterocycles. The highest BCUT2D eigenvalue weighted by molar-refractivity contribution is 5.97. The van der Waals surface area contributed by atoms with E-state index < -0.39 is 12.1 Å². The summed E-state index contributed by atoms with van der Waals surface area (Å²) in [6.45, 7) is 1.80. The first-order chi connectivity index (χ1) is 14.5. The van der Waals surface area contributed by atoms with Gasteiger partial charge in [0.1, 0.15) is 6.10 Å². The minimum atomic E-state index is -0.934. The number of hydrogen-bond acceptors (Lipinski definition) is 2. The van der Waals surface area contributed by atoms with E-state index in [1.54, 1.807) is 13.0 Å². The molecule has 4 heteroatoms. The number of carbonyl (C=O) groups is 1. The third-order valence-corrected chi connectivity index (χ3v) is 5.64. The molecule has 0 spiro atoms. The van der Waals surface area contributed by atoms with Crippen LogP contribution in [0.1, 0.15) is 50.8 Å². The maximum absolute atomic E-state index is 11.7. The first kappa shape index (κ1) is 19.9. The normalized spacial score (nSPS) is 12.2. The Bertz CT molecular complexity index is 1160. The molecule has 1 heterocycles. The molecule has 0 saturated carbocycles. The second-order valence-electron chi connectivity index (χ2n) is 7.69. The molecular weight excluding hydrogens is 374 g/mol. The van der Waals surface area contributed by atoms with Gasteiger partial charge in [-0.2, -0.15) is 0 Å². The van der Waals surface area contributed by atoms with E-state index in [2.05, 4.69) is 17.1 Å². The number of aromatic amines is 1. The minimum absolute atomic E-state index is 0.298. The Kier molecular flexibility index (Phi) is 5.68. The van der Waals surface area contributed by atoms with Crippen molar-refractivity contribution in [2.24, 2.45) is 0 Å². The predicted molar refractivity (Wildman–Crippen MR) is 119 cm³/mol. The van der Waals surface area contributed by atoms with E-state index in [0.29, 0.717) is 11.1 Å². The van der Waals surface area contributed by atoms with Crippen molar-refractivity contribution in [1.82, 2.24) is 4.98 Å². The Morgan fingerprint density at radius 1 is 0.967 bits per heavy atom. The molecule has 1 aromatic heterocycles. The van der Waals surface area contributed by atoms with Crippen molar-refractivity contribution in [3.63, 3.8) is 0 Å². The van der Waals surface area contributed by atoms with Crippen LogP contribution >= 0.6 is 0 Å². The molecule has 0 radical (unpaired) electrons. The van der Waals surface area contributed by atoms with Gasteiger partial charge in [0, 0.05) is 10.9 Å². The van der Waals surface area contributed by atoms with Crippen molar-refractivity contribution in [2.75, 3.05) is 0 Å². The molecule has 4 rings (SSSR count). The first-order valence-corrected chi connectivity index (χ1v) is 10.2. The molecule has 3 aromatic carbocycles. The fourth-order valence-corrected chi connectivity index (χ4v) is 4.08. The number of aromatic carboxylic acids is 1. The molecule has 30 heavy (non-hydrogen) atoms. The SMILES string of the molecule is Cc1cc2[nH]c(C(O)c3ccccc3)c(CCCc3ccccc3)c2cc1C(=O)O. The van der Waals surface area contributed by atoms with Crippen molar-refractivity contribution in [2.45, 2.75) is 32.3 Å². The van der Waals surface area contributed by atoms with Gasteiger partial charge < -0.3 is 15.2 Å². The van der Waals surface area contributed by atoms with Gasteiger partial charge in [0.2, 0.25) is 0 Å². The van der Waals surface area contributed by atoms with Crippen LogP contribution in [0.15, 0.2) is 72.8 Å². The molecule has 0 bridgehead atoms. The van der Waals surface area contributed by atoms with Crippen molar-refractivity contribution in [3.8, 4) is 0 Å². The molecule has 0 fully saturated rings. The summed E-state index contributed by atoms with van der Waals surface area (Å²) >= 11 is 0. The fraction of sp³-hybridized carbons (Fsp3) is 0.192. The third-order valence-electron chi connectivity index (χ3n) is 5.64. The summed E-state index contributed by atoms with van der Waals surface area (Å²) in [6, 6.07) is 23.4. The summed E-state index contributed by atoms with van der Waals surface area (Å²) in [4.78, 5) is 15.1. The molecule has 4 nitrogen and oxygen atoms in total. The summed E-state index contributed by atoms with van der Waals surface area (Å²) in [5.41, 5.74) is 5.66. The number of aliphatic hydroxyl groups is 1. The standard InChI is InChI=1S/C26H25NO3/c1-17-15-23-22(16-21(17)26(29)30)20(14-8-11-18-9-4-2-5-10-18)24(27-23)25(28)19-12-6-3-7-13-19/h2-7,9-10,12-13,15-16,25,27-28H,8,11,14H2,1H3,(H,29,30). The summed E-state index contributed by atoms with van der Waals surface area (Å²) in [5, 5.41) is 21.5. The van der Waals surface area contributed by atoms with Gasteiger partial charge in [0.15, 0.2) is 0 Å². The number of carboxylic acid groups (broad SMARTS) is 1. The lowest BCUT2D eigenvalue weighted by Crippen LogP contribution is -2.04. The predicted octanol–water partition coefficient (Wildman–Crippen LogP) is 5.43. The highest BCUT2D eigenvalue weighted by atomic mass is 16.4. The average molecular weight is 399 g/mol. The molecular formula is C26H25NO3. The zero-order valence-electron chi connectivity index (χ0n) is 16.9. The van der Waals surface area contributed by atoms with Gasteiger partial charge in [0.05, 0.1) is 11.3 Å². The van der Waals surface area contributed by atoms with E-state index in [1.807, 2.05) is 54.6 Å². The van der Waals surface area contributed by atoms with Crippen LogP contribution in [0.4, 0.5) is 0 Å². The summed E-state index contributed by atoms with van der Waals surface area (Å²) < 4.78 is 0. The lowest BCUT2D eigenvalue weighted by Gasteiger charge is -2.13. The maximum atomic E-state index is 11.7. The number of rotatable bonds is 7. The largest absolute Gasteiger partial charge is 0.478 e. The van der Waals surface area contributed by atoms with Crippen molar-refractivity contribution >= 4 is 16.9 Å². The monoisotopic (exact) mass is 399 g/mol. The number of nitrogens with one attached hydrogen (secondary N) is 1. The first-order valence-electron chi connectivity index (χ1n) is 10.2. The van der Waals surface area contributed by atoms with E-state index in [0.717, 1.165) is 47.0 Å². The van der Waals surface area contributed by atoms with Crippen LogP contribution in [0, 0.1) is 6.92 Å². The number of aromatic nitrogens is 1. The van der Waals surface area contributed by atoms with Gasteiger partial charge >= 0.3 is 5.97 Å². The number of aliphatic hydroxyl groups excluding tert-OH is 1. The van der Waals surface area contributed by atoms with Crippen molar-refractivity contribution < 1.29 is 15.0 Å². The van der Waals surface area contributed by atoms with Crippen LogP contribution in [0.2, 0.25) is 0 Å². The lowest BCUT2D eigenvalue weighted by molar-refractivity contribution is 0.0696. The zero-order valence-corrected chi connectivity index (χ0v) is 16.9. The van der Waals surface area contributed by atoms with Crippen molar-refractivity contribution in [1.29, 1.82) is 0 Å². The highest BCUT2D eigenvalue weighted by Crippen LogP contribution is 2.33. The smallest absolute Gasteiger partial charge is 0.335 e. The Morgan fingerprint density at radius 3 is 2.30 bits per heavy atom. The van der Waals surface area contributed by atoms with Crippen molar-refractivity contribution in [3.05, 3.63) is 106 Å². The van der Waals surface area contributed by atoms with Crippen LogP contribution in [-0.4, -0.2) is 21.2 Å². The molecule has 0 aliphatic carbocycles. The topological polar surface area (TPSA) is 73.3 Å². The van der Waals surface area contributed by atoms with E-state index in [-0.39, 0.29) is 0 Å². The van der Waals surface area contributed by atoms with E-state index in [4.69, 9.17) is 0 Å². The highest BCUT2D eigenvalue weighted by Gasteiger charge is 2.21. The Labute approximate surface area is 175 Å². The van der Waals surface area contributed by atoms with E-state index in [9.17, 15) is 15.0 Å². The third kappa shape index (κ3) is 4.00. The van der Waals surface area contributed by atoms with Gasteiger partial charge in [-0.15, -0.1) is 0 Å².